The first-order valence-corrected chi connectivity index (χ1v) is 6.33. The van der Waals surface area contributed by atoms with E-state index in [0.717, 1.165) is 32.4 Å². The summed E-state index contributed by atoms with van der Waals surface area (Å²) in [6.07, 6.45) is 3.50. The Morgan fingerprint density at radius 3 is 2.82 bits per heavy atom. The quantitative estimate of drug-likeness (QED) is 0.860. The molecular weight excluding hydrogens is 212 g/mol. The maximum Gasteiger partial charge on any atom is 0.222 e. The van der Waals surface area contributed by atoms with E-state index in [1.807, 2.05) is 23.1 Å². The molecule has 3 heteroatoms. The lowest BCUT2D eigenvalue weighted by molar-refractivity contribution is -0.132. The highest BCUT2D eigenvalue weighted by Gasteiger charge is 2.20. The van der Waals surface area contributed by atoms with E-state index in [2.05, 4.69) is 12.1 Å². The van der Waals surface area contributed by atoms with Crippen LogP contribution in [0, 0.1) is 0 Å². The molecule has 1 aromatic rings. The Labute approximate surface area is 103 Å². The number of hydrogen-bond donors (Lipinski definition) is 1. The lowest BCUT2D eigenvalue weighted by Gasteiger charge is -2.30. The summed E-state index contributed by atoms with van der Waals surface area (Å²) in [6.45, 7) is 1.61. The van der Waals surface area contributed by atoms with Crippen molar-refractivity contribution in [1.29, 1.82) is 0 Å². The average Bonchev–Trinajstić information content (AvgIpc) is 2.37. The largest absolute Gasteiger partial charge is 0.341 e. The fraction of sp³-hybridized carbons (Fsp3) is 0.500. The summed E-state index contributed by atoms with van der Waals surface area (Å²) in [5, 5.41) is 0. The SMILES string of the molecule is N[C@H]1CCCN(C(=O)CCc2ccccc2)C1. The van der Waals surface area contributed by atoms with E-state index in [-0.39, 0.29) is 11.9 Å². The van der Waals surface area contributed by atoms with Gasteiger partial charge in [-0.05, 0) is 24.8 Å². The molecule has 92 valence electrons. The van der Waals surface area contributed by atoms with Gasteiger partial charge in [-0.1, -0.05) is 30.3 Å². The molecule has 0 spiro atoms. The molecule has 1 amide bonds. The molecule has 0 unspecified atom stereocenters. The van der Waals surface area contributed by atoms with Crippen molar-refractivity contribution in [2.45, 2.75) is 31.7 Å². The minimum atomic E-state index is 0.171. The zero-order chi connectivity index (χ0) is 12.1. The van der Waals surface area contributed by atoms with E-state index >= 15 is 0 Å². The molecule has 0 bridgehead atoms. The van der Waals surface area contributed by atoms with Gasteiger partial charge in [0.1, 0.15) is 0 Å². The second-order valence-corrected chi connectivity index (χ2v) is 4.73. The zero-order valence-electron chi connectivity index (χ0n) is 10.1. The lowest BCUT2D eigenvalue weighted by Crippen LogP contribution is -2.45. The van der Waals surface area contributed by atoms with E-state index in [9.17, 15) is 4.79 Å². The van der Waals surface area contributed by atoms with Crippen LogP contribution >= 0.6 is 0 Å². The minimum Gasteiger partial charge on any atom is -0.341 e. The standard InChI is InChI=1S/C14H20N2O/c15-13-7-4-10-16(11-13)14(17)9-8-12-5-2-1-3-6-12/h1-3,5-6,13H,4,7-11,15H2/t13-/m0/s1. The van der Waals surface area contributed by atoms with Gasteiger partial charge in [-0.25, -0.2) is 0 Å². The molecule has 1 aliphatic heterocycles. The maximum absolute atomic E-state index is 12.0. The number of rotatable bonds is 3. The van der Waals surface area contributed by atoms with Crippen molar-refractivity contribution in [1.82, 2.24) is 4.90 Å². The Kier molecular flexibility index (Phi) is 4.15. The number of benzene rings is 1. The third kappa shape index (κ3) is 3.56. The maximum atomic E-state index is 12.0. The zero-order valence-corrected chi connectivity index (χ0v) is 10.1. The molecule has 1 heterocycles. The molecule has 1 fully saturated rings. The summed E-state index contributed by atoms with van der Waals surface area (Å²) in [5.41, 5.74) is 7.10. The smallest absolute Gasteiger partial charge is 0.222 e. The van der Waals surface area contributed by atoms with Crippen LogP contribution in [0.15, 0.2) is 30.3 Å². The highest BCUT2D eigenvalue weighted by atomic mass is 16.2. The number of carbonyl (C=O) groups is 1. The molecule has 0 saturated carbocycles. The third-order valence-corrected chi connectivity index (χ3v) is 3.28. The van der Waals surface area contributed by atoms with E-state index in [1.54, 1.807) is 0 Å². The molecule has 17 heavy (non-hydrogen) atoms. The predicted molar refractivity (Wildman–Crippen MR) is 68.6 cm³/mol. The van der Waals surface area contributed by atoms with E-state index in [4.69, 9.17) is 5.73 Å². The number of aryl methyl sites for hydroxylation is 1. The second-order valence-electron chi connectivity index (χ2n) is 4.73. The van der Waals surface area contributed by atoms with Crippen molar-refractivity contribution in [2.24, 2.45) is 5.73 Å². The van der Waals surface area contributed by atoms with Crippen LogP contribution in [0.2, 0.25) is 0 Å². The van der Waals surface area contributed by atoms with Crippen LogP contribution in [0.5, 0.6) is 0 Å². The molecule has 0 aliphatic carbocycles. The molecule has 1 aliphatic rings. The van der Waals surface area contributed by atoms with Crippen molar-refractivity contribution >= 4 is 5.91 Å². The van der Waals surface area contributed by atoms with Gasteiger partial charge >= 0.3 is 0 Å². The van der Waals surface area contributed by atoms with Crippen molar-refractivity contribution in [3.05, 3.63) is 35.9 Å². The van der Waals surface area contributed by atoms with Crippen molar-refractivity contribution in [3.8, 4) is 0 Å². The third-order valence-electron chi connectivity index (χ3n) is 3.28. The van der Waals surface area contributed by atoms with Gasteiger partial charge in [0.05, 0.1) is 0 Å². The summed E-state index contributed by atoms with van der Waals surface area (Å²) in [7, 11) is 0. The molecular formula is C14H20N2O. The van der Waals surface area contributed by atoms with Gasteiger partial charge in [-0.15, -0.1) is 0 Å². The normalized spacial score (nSPS) is 20.3. The first-order valence-electron chi connectivity index (χ1n) is 6.33. The fourth-order valence-corrected chi connectivity index (χ4v) is 2.29. The van der Waals surface area contributed by atoms with Crippen LogP contribution in [0.25, 0.3) is 0 Å². The molecule has 0 aromatic heterocycles. The first-order chi connectivity index (χ1) is 8.25. The topological polar surface area (TPSA) is 46.3 Å². The van der Waals surface area contributed by atoms with Crippen LogP contribution in [0.3, 0.4) is 0 Å². The van der Waals surface area contributed by atoms with E-state index in [1.165, 1.54) is 5.56 Å². The van der Waals surface area contributed by atoms with Crippen molar-refractivity contribution in [3.63, 3.8) is 0 Å². The molecule has 0 radical (unpaired) electrons. The highest BCUT2D eigenvalue weighted by Crippen LogP contribution is 2.11. The molecule has 2 N–H and O–H groups in total. The van der Waals surface area contributed by atoms with Gasteiger partial charge in [0.2, 0.25) is 5.91 Å². The summed E-state index contributed by atoms with van der Waals surface area (Å²) in [5.74, 6) is 0.240. The number of piperidine rings is 1. The summed E-state index contributed by atoms with van der Waals surface area (Å²) in [4.78, 5) is 13.9. The Bertz CT molecular complexity index is 364. The van der Waals surface area contributed by atoms with Crippen LogP contribution in [0.4, 0.5) is 0 Å². The minimum absolute atomic E-state index is 0.171. The predicted octanol–water partition coefficient (Wildman–Crippen LogP) is 1.57. The number of nitrogens with two attached hydrogens (primary N) is 1. The summed E-state index contributed by atoms with van der Waals surface area (Å²) >= 11 is 0. The van der Waals surface area contributed by atoms with E-state index in [0.29, 0.717) is 6.42 Å². The van der Waals surface area contributed by atoms with Crippen molar-refractivity contribution in [2.75, 3.05) is 13.1 Å². The fourth-order valence-electron chi connectivity index (χ4n) is 2.29. The molecule has 2 rings (SSSR count). The van der Waals surface area contributed by atoms with Crippen LogP contribution in [-0.4, -0.2) is 29.9 Å². The molecule has 1 saturated heterocycles. The van der Waals surface area contributed by atoms with Gasteiger partial charge in [-0.3, -0.25) is 4.79 Å². The highest BCUT2D eigenvalue weighted by molar-refractivity contribution is 5.76. The summed E-state index contributed by atoms with van der Waals surface area (Å²) < 4.78 is 0. The molecule has 1 aromatic carbocycles. The average molecular weight is 232 g/mol. The number of carbonyl (C=O) groups excluding carboxylic acids is 1. The Balaban J connectivity index is 1.81. The van der Waals surface area contributed by atoms with Gasteiger partial charge in [-0.2, -0.15) is 0 Å². The number of likely N-dealkylation sites (tertiary alicyclic amines) is 1. The lowest BCUT2D eigenvalue weighted by atomic mass is 10.0. The van der Waals surface area contributed by atoms with Gasteiger partial charge in [0.15, 0.2) is 0 Å². The first kappa shape index (κ1) is 12.1. The van der Waals surface area contributed by atoms with Gasteiger partial charge in [0.25, 0.3) is 0 Å². The number of nitrogens with zero attached hydrogens (tertiary/aromatic N) is 1. The van der Waals surface area contributed by atoms with E-state index < -0.39 is 0 Å². The van der Waals surface area contributed by atoms with Gasteiger partial charge in [0, 0.05) is 25.6 Å². The van der Waals surface area contributed by atoms with Crippen LogP contribution in [-0.2, 0) is 11.2 Å². The number of amides is 1. The second kappa shape index (κ2) is 5.82. The molecule has 3 nitrogen and oxygen atoms in total. The Morgan fingerprint density at radius 2 is 2.12 bits per heavy atom. The monoisotopic (exact) mass is 232 g/mol. The Hall–Kier alpha value is -1.35. The van der Waals surface area contributed by atoms with Crippen LogP contribution in [0.1, 0.15) is 24.8 Å². The molecule has 1 atom stereocenters. The number of hydrogen-bond acceptors (Lipinski definition) is 2. The Morgan fingerprint density at radius 1 is 1.35 bits per heavy atom. The van der Waals surface area contributed by atoms with Gasteiger partial charge < -0.3 is 10.6 Å². The summed E-state index contributed by atoms with van der Waals surface area (Å²) in [6, 6.07) is 10.3. The van der Waals surface area contributed by atoms with Crippen LogP contribution < -0.4 is 5.73 Å². The van der Waals surface area contributed by atoms with Crippen molar-refractivity contribution < 1.29 is 4.79 Å².